The molecule has 2 amide bonds. The summed E-state index contributed by atoms with van der Waals surface area (Å²) in [4.78, 5) is 23.4. The van der Waals surface area contributed by atoms with Crippen LogP contribution in [0.4, 0.5) is 0 Å². The van der Waals surface area contributed by atoms with Crippen LogP contribution in [0.15, 0.2) is 84.9 Å². The molecule has 0 saturated heterocycles. The van der Waals surface area contributed by atoms with Gasteiger partial charge in [0.15, 0.2) is 18.1 Å². The van der Waals surface area contributed by atoms with Crippen molar-refractivity contribution in [3.05, 3.63) is 102 Å². The molecule has 3 aromatic carbocycles. The maximum absolute atomic E-state index is 12.5. The lowest BCUT2D eigenvalue weighted by atomic mass is 9.91. The minimum absolute atomic E-state index is 0.0523. The van der Waals surface area contributed by atoms with Crippen molar-refractivity contribution in [1.29, 1.82) is 0 Å². The predicted molar refractivity (Wildman–Crippen MR) is 124 cm³/mol. The third-order valence-electron chi connectivity index (χ3n) is 4.87. The molecule has 32 heavy (non-hydrogen) atoms. The Labute approximate surface area is 187 Å². The second-order valence-electron chi connectivity index (χ2n) is 7.12. The predicted octanol–water partition coefficient (Wildman–Crippen LogP) is 3.52. The third kappa shape index (κ3) is 6.47. The van der Waals surface area contributed by atoms with Crippen LogP contribution < -0.4 is 20.5 Å². The van der Waals surface area contributed by atoms with Gasteiger partial charge in [0.2, 0.25) is 5.91 Å². The van der Waals surface area contributed by atoms with Crippen molar-refractivity contribution in [3.63, 3.8) is 0 Å². The second kappa shape index (κ2) is 11.4. The molecule has 0 bridgehead atoms. The van der Waals surface area contributed by atoms with Crippen LogP contribution in [0.1, 0.15) is 22.6 Å². The quantitative estimate of drug-likeness (QED) is 0.482. The number of amides is 2. The highest BCUT2D eigenvalue weighted by molar-refractivity contribution is 5.91. The van der Waals surface area contributed by atoms with Gasteiger partial charge < -0.3 is 20.5 Å². The number of carbonyl (C=O) groups excluding carboxylic acids is 2. The fraction of sp³-hybridized carbons (Fsp3) is 0.154. The molecule has 0 unspecified atom stereocenters. The molecule has 164 valence electrons. The van der Waals surface area contributed by atoms with Gasteiger partial charge in [0.25, 0.3) is 5.91 Å². The summed E-state index contributed by atoms with van der Waals surface area (Å²) in [7, 11) is 1.50. The molecule has 0 aliphatic rings. The molecule has 0 aliphatic heterocycles. The minimum atomic E-state index is -0.572. The van der Waals surface area contributed by atoms with E-state index in [1.807, 2.05) is 36.4 Å². The summed E-state index contributed by atoms with van der Waals surface area (Å²) in [6, 6.07) is 25.3. The van der Waals surface area contributed by atoms with Crippen LogP contribution in [0.3, 0.4) is 0 Å². The summed E-state index contributed by atoms with van der Waals surface area (Å²) in [5.41, 5.74) is 8.14. The van der Waals surface area contributed by atoms with E-state index in [0.29, 0.717) is 18.0 Å². The molecule has 0 aliphatic carbocycles. The molecule has 0 aromatic heterocycles. The molecule has 0 saturated carbocycles. The molecule has 0 atom stereocenters. The second-order valence-corrected chi connectivity index (χ2v) is 7.12. The van der Waals surface area contributed by atoms with Crippen molar-refractivity contribution < 1.29 is 19.1 Å². The number of rotatable bonds is 10. The van der Waals surface area contributed by atoms with Gasteiger partial charge in [-0.2, -0.15) is 0 Å². The average molecular weight is 431 g/mol. The van der Waals surface area contributed by atoms with Gasteiger partial charge in [-0.05, 0) is 34.9 Å². The molecule has 0 heterocycles. The van der Waals surface area contributed by atoms with Gasteiger partial charge in [-0.25, -0.2) is 0 Å². The maximum Gasteiger partial charge on any atom is 0.255 e. The molecule has 6 heteroatoms. The Morgan fingerprint density at radius 1 is 0.938 bits per heavy atom. The van der Waals surface area contributed by atoms with Crippen molar-refractivity contribution in [2.45, 2.75) is 5.92 Å². The number of hydrogen-bond donors (Lipinski definition) is 2. The highest BCUT2D eigenvalue weighted by Crippen LogP contribution is 2.28. The highest BCUT2D eigenvalue weighted by Gasteiger charge is 2.14. The Morgan fingerprint density at radius 3 is 2.12 bits per heavy atom. The van der Waals surface area contributed by atoms with E-state index >= 15 is 0 Å². The summed E-state index contributed by atoms with van der Waals surface area (Å²) in [5, 5.41) is 2.99. The van der Waals surface area contributed by atoms with E-state index in [2.05, 4.69) is 29.6 Å². The number of nitrogens with one attached hydrogen (secondary N) is 1. The fourth-order valence-corrected chi connectivity index (χ4v) is 3.29. The summed E-state index contributed by atoms with van der Waals surface area (Å²) < 4.78 is 10.6. The summed E-state index contributed by atoms with van der Waals surface area (Å²) in [5.74, 6) is 0.131. The Hall–Kier alpha value is -4.06. The SMILES string of the molecule is COc1cc(/C=C/C(=O)NCC(c2ccccc2)c2ccccc2)ccc1OCC(N)=O. The first-order valence-corrected chi connectivity index (χ1v) is 10.2. The Bertz CT molecular complexity index is 1030. The molecular weight excluding hydrogens is 404 g/mol. The number of nitrogens with two attached hydrogens (primary N) is 1. The smallest absolute Gasteiger partial charge is 0.255 e. The lowest BCUT2D eigenvalue weighted by Crippen LogP contribution is -2.27. The fourth-order valence-electron chi connectivity index (χ4n) is 3.29. The number of ether oxygens (including phenoxy) is 2. The lowest BCUT2D eigenvalue weighted by molar-refractivity contribution is -0.120. The van der Waals surface area contributed by atoms with Crippen molar-refractivity contribution in [2.24, 2.45) is 5.73 Å². The van der Waals surface area contributed by atoms with Crippen molar-refractivity contribution in [1.82, 2.24) is 5.32 Å². The number of carbonyl (C=O) groups is 2. The van der Waals surface area contributed by atoms with Crippen LogP contribution in [0.25, 0.3) is 6.08 Å². The standard InChI is InChI=1S/C26H26N2O4/c1-31-24-16-19(12-14-23(24)32-18-25(27)29)13-15-26(30)28-17-22(20-8-4-2-5-9-20)21-10-6-3-7-11-21/h2-16,22H,17-18H2,1H3,(H2,27,29)(H,28,30)/b15-13+. The van der Waals surface area contributed by atoms with Crippen LogP contribution in [0, 0.1) is 0 Å². The Morgan fingerprint density at radius 2 is 1.56 bits per heavy atom. The van der Waals surface area contributed by atoms with E-state index in [4.69, 9.17) is 15.2 Å². The van der Waals surface area contributed by atoms with Gasteiger partial charge in [-0.3, -0.25) is 9.59 Å². The van der Waals surface area contributed by atoms with Crippen molar-refractivity contribution in [3.8, 4) is 11.5 Å². The van der Waals surface area contributed by atoms with Gasteiger partial charge in [-0.1, -0.05) is 66.7 Å². The van der Waals surface area contributed by atoms with E-state index in [1.165, 1.54) is 13.2 Å². The van der Waals surface area contributed by atoms with E-state index in [1.54, 1.807) is 24.3 Å². The van der Waals surface area contributed by atoms with Gasteiger partial charge in [0.05, 0.1) is 7.11 Å². The molecule has 0 fully saturated rings. The van der Waals surface area contributed by atoms with Crippen LogP contribution >= 0.6 is 0 Å². The van der Waals surface area contributed by atoms with Crippen LogP contribution in [0.2, 0.25) is 0 Å². The largest absolute Gasteiger partial charge is 0.493 e. The molecule has 3 aromatic rings. The summed E-state index contributed by atoms with van der Waals surface area (Å²) >= 11 is 0. The van der Waals surface area contributed by atoms with Gasteiger partial charge in [-0.15, -0.1) is 0 Å². The lowest BCUT2D eigenvalue weighted by Gasteiger charge is -2.18. The third-order valence-corrected chi connectivity index (χ3v) is 4.87. The number of methoxy groups -OCH3 is 1. The Kier molecular flexibility index (Phi) is 8.03. The zero-order chi connectivity index (χ0) is 22.8. The number of hydrogen-bond acceptors (Lipinski definition) is 4. The highest BCUT2D eigenvalue weighted by atomic mass is 16.5. The van der Waals surface area contributed by atoms with Gasteiger partial charge >= 0.3 is 0 Å². The monoisotopic (exact) mass is 430 g/mol. The molecule has 0 radical (unpaired) electrons. The summed E-state index contributed by atoms with van der Waals surface area (Å²) in [6.07, 6.45) is 3.17. The van der Waals surface area contributed by atoms with Gasteiger partial charge in [0, 0.05) is 18.5 Å². The van der Waals surface area contributed by atoms with E-state index in [-0.39, 0.29) is 18.4 Å². The Balaban J connectivity index is 1.66. The van der Waals surface area contributed by atoms with Crippen LogP contribution in [-0.2, 0) is 9.59 Å². The van der Waals surface area contributed by atoms with E-state index < -0.39 is 5.91 Å². The maximum atomic E-state index is 12.5. The van der Waals surface area contributed by atoms with Crippen molar-refractivity contribution in [2.75, 3.05) is 20.3 Å². The zero-order valence-corrected chi connectivity index (χ0v) is 17.9. The molecular formula is C26H26N2O4. The molecule has 0 spiro atoms. The molecule has 3 rings (SSSR count). The zero-order valence-electron chi connectivity index (χ0n) is 17.9. The van der Waals surface area contributed by atoms with Gasteiger partial charge in [0.1, 0.15) is 0 Å². The summed E-state index contributed by atoms with van der Waals surface area (Å²) in [6.45, 7) is 0.234. The topological polar surface area (TPSA) is 90.7 Å². The first-order valence-electron chi connectivity index (χ1n) is 10.2. The van der Waals surface area contributed by atoms with E-state index in [0.717, 1.165) is 16.7 Å². The number of primary amides is 1. The van der Waals surface area contributed by atoms with E-state index in [9.17, 15) is 9.59 Å². The van der Waals surface area contributed by atoms with Crippen LogP contribution in [-0.4, -0.2) is 32.1 Å². The average Bonchev–Trinajstić information content (AvgIpc) is 2.83. The van der Waals surface area contributed by atoms with Crippen LogP contribution in [0.5, 0.6) is 11.5 Å². The van der Waals surface area contributed by atoms with Crippen molar-refractivity contribution >= 4 is 17.9 Å². The molecule has 6 nitrogen and oxygen atoms in total. The normalized spacial score (nSPS) is 10.8. The molecule has 3 N–H and O–H groups in total. The number of benzene rings is 3. The minimum Gasteiger partial charge on any atom is -0.493 e. The first kappa shape index (κ1) is 22.6. The first-order chi connectivity index (χ1) is 15.6.